The van der Waals surface area contributed by atoms with Crippen LogP contribution >= 0.6 is 11.3 Å². The SMILES string of the molecule is COC(=O)c1cnc(N2CCN(C(c3ccc(C(F)(F)F)cc3)C(F)(F)F)C[C@H]2COC(F)F)s1. The molecular formula is C20H19F8N3O3S. The van der Waals surface area contributed by atoms with E-state index >= 15 is 0 Å². The predicted octanol–water partition coefficient (Wildman–Crippen LogP) is 4.98. The normalized spacial score (nSPS) is 18.7. The number of thiazole rings is 1. The standard InChI is InChI=1S/C20H19F8N3O3S/c1-33-16(32)14-8-29-18(35-14)31-7-6-30(9-13(31)10-34-17(21)22)15(20(26,27)28)11-2-4-12(5-3-11)19(23,24)25/h2-5,8,13,15,17H,6-7,9-10H2,1H3/t13-,15?/m0/s1. The van der Waals surface area contributed by atoms with Crippen LogP contribution in [0.5, 0.6) is 0 Å². The summed E-state index contributed by atoms with van der Waals surface area (Å²) in [6.45, 7) is -4.56. The average Bonchev–Trinajstić information content (AvgIpc) is 3.26. The van der Waals surface area contributed by atoms with Crippen LogP contribution in [0.2, 0.25) is 0 Å². The van der Waals surface area contributed by atoms with E-state index in [4.69, 9.17) is 0 Å². The molecular weight excluding hydrogens is 514 g/mol. The molecule has 0 N–H and O–H groups in total. The zero-order chi connectivity index (χ0) is 26.0. The van der Waals surface area contributed by atoms with Crippen LogP contribution in [-0.2, 0) is 15.7 Å². The molecule has 0 bridgehead atoms. The van der Waals surface area contributed by atoms with Crippen LogP contribution in [0.1, 0.15) is 26.8 Å². The van der Waals surface area contributed by atoms with Gasteiger partial charge in [0.15, 0.2) is 5.13 Å². The van der Waals surface area contributed by atoms with Crippen molar-refractivity contribution in [2.24, 2.45) is 0 Å². The highest BCUT2D eigenvalue weighted by Gasteiger charge is 2.47. The molecule has 1 aromatic heterocycles. The highest BCUT2D eigenvalue weighted by atomic mass is 32.1. The van der Waals surface area contributed by atoms with Crippen molar-refractivity contribution in [3.05, 3.63) is 46.5 Å². The number of carbonyl (C=O) groups excluding carboxylic acids is 1. The lowest BCUT2D eigenvalue weighted by atomic mass is 10.0. The van der Waals surface area contributed by atoms with Crippen LogP contribution in [-0.4, -0.2) is 68.0 Å². The van der Waals surface area contributed by atoms with Crippen LogP contribution in [0.4, 0.5) is 40.3 Å². The van der Waals surface area contributed by atoms with Gasteiger partial charge >= 0.3 is 24.9 Å². The number of ether oxygens (including phenoxy) is 2. The van der Waals surface area contributed by atoms with Crippen molar-refractivity contribution in [3.8, 4) is 0 Å². The van der Waals surface area contributed by atoms with Gasteiger partial charge in [0.25, 0.3) is 0 Å². The number of esters is 1. The molecule has 6 nitrogen and oxygen atoms in total. The second-order valence-electron chi connectivity index (χ2n) is 7.50. The van der Waals surface area contributed by atoms with Gasteiger partial charge in [-0.05, 0) is 17.7 Å². The summed E-state index contributed by atoms with van der Waals surface area (Å²) in [7, 11) is 1.15. The Morgan fingerprint density at radius 2 is 1.80 bits per heavy atom. The van der Waals surface area contributed by atoms with Crippen molar-refractivity contribution in [1.82, 2.24) is 9.88 Å². The van der Waals surface area contributed by atoms with Gasteiger partial charge in [0.1, 0.15) is 10.9 Å². The highest BCUT2D eigenvalue weighted by molar-refractivity contribution is 7.17. The molecule has 0 saturated carbocycles. The first-order valence-electron chi connectivity index (χ1n) is 9.99. The third-order valence-electron chi connectivity index (χ3n) is 5.28. The minimum Gasteiger partial charge on any atom is -0.465 e. The molecule has 15 heteroatoms. The maximum atomic E-state index is 14.0. The number of aromatic nitrogens is 1. The Bertz CT molecular complexity index is 997. The van der Waals surface area contributed by atoms with Crippen molar-refractivity contribution in [1.29, 1.82) is 0 Å². The molecule has 1 aromatic carbocycles. The van der Waals surface area contributed by atoms with Crippen LogP contribution in [0, 0.1) is 0 Å². The van der Waals surface area contributed by atoms with Gasteiger partial charge in [-0.2, -0.15) is 35.1 Å². The second-order valence-corrected chi connectivity index (χ2v) is 8.51. The van der Waals surface area contributed by atoms with Gasteiger partial charge in [0.05, 0.1) is 31.5 Å². The van der Waals surface area contributed by atoms with Crippen molar-refractivity contribution in [2.45, 2.75) is 31.0 Å². The average molecular weight is 533 g/mol. The number of hydrogen-bond acceptors (Lipinski definition) is 7. The van der Waals surface area contributed by atoms with Gasteiger partial charge in [-0.25, -0.2) is 9.78 Å². The number of benzene rings is 1. The summed E-state index contributed by atoms with van der Waals surface area (Å²) in [5.41, 5.74) is -1.52. The fourth-order valence-electron chi connectivity index (χ4n) is 3.75. The minimum atomic E-state index is -4.87. The van der Waals surface area contributed by atoms with Gasteiger partial charge in [-0.1, -0.05) is 23.5 Å². The first kappa shape index (κ1) is 27.1. The first-order valence-corrected chi connectivity index (χ1v) is 10.8. The maximum Gasteiger partial charge on any atom is 0.416 e. The predicted molar refractivity (Wildman–Crippen MR) is 108 cm³/mol. The van der Waals surface area contributed by atoms with Crippen molar-refractivity contribution in [3.63, 3.8) is 0 Å². The minimum absolute atomic E-state index is 0.0986. The van der Waals surface area contributed by atoms with Crippen LogP contribution in [0.15, 0.2) is 30.5 Å². The molecule has 1 fully saturated rings. The number of anilines is 1. The van der Waals surface area contributed by atoms with E-state index in [0.29, 0.717) is 12.1 Å². The number of methoxy groups -OCH3 is 1. The summed E-state index contributed by atoms with van der Waals surface area (Å²) in [6.07, 6.45) is -8.38. The van der Waals surface area contributed by atoms with Crippen molar-refractivity contribution < 1.29 is 49.4 Å². The molecule has 0 aliphatic carbocycles. The quantitative estimate of drug-likeness (QED) is 0.370. The van der Waals surface area contributed by atoms with Crippen LogP contribution < -0.4 is 4.90 Å². The third kappa shape index (κ3) is 6.58. The lowest BCUT2D eigenvalue weighted by Crippen LogP contribution is -2.57. The Morgan fingerprint density at radius 3 is 2.34 bits per heavy atom. The number of alkyl halides is 8. The summed E-state index contributed by atoms with van der Waals surface area (Å²) >= 11 is 0.875. The molecule has 35 heavy (non-hydrogen) atoms. The smallest absolute Gasteiger partial charge is 0.416 e. The van der Waals surface area contributed by atoms with Gasteiger partial charge in [-0.3, -0.25) is 4.90 Å². The molecule has 194 valence electrons. The van der Waals surface area contributed by atoms with Crippen molar-refractivity contribution in [2.75, 3.05) is 38.3 Å². The van der Waals surface area contributed by atoms with E-state index in [1.807, 2.05) is 0 Å². The molecule has 2 heterocycles. The third-order valence-corrected chi connectivity index (χ3v) is 6.30. The Kier molecular flexibility index (Phi) is 8.21. The summed E-state index contributed by atoms with van der Waals surface area (Å²) in [6, 6.07) is -0.670. The molecule has 1 saturated heterocycles. The van der Waals surface area contributed by atoms with Crippen molar-refractivity contribution >= 4 is 22.4 Å². The molecule has 1 aliphatic rings. The number of nitrogens with zero attached hydrogens (tertiary/aromatic N) is 3. The van der Waals surface area contributed by atoms with E-state index < -0.39 is 61.3 Å². The number of rotatable bonds is 7. The first-order chi connectivity index (χ1) is 16.3. The largest absolute Gasteiger partial charge is 0.465 e. The Hall–Kier alpha value is -2.52. The summed E-state index contributed by atoms with van der Waals surface area (Å²) in [4.78, 5) is 18.3. The fraction of sp³-hybridized carbons (Fsp3) is 0.500. The number of halogens is 8. The molecule has 1 unspecified atom stereocenters. The molecule has 0 radical (unpaired) electrons. The maximum absolute atomic E-state index is 14.0. The molecule has 0 amide bonds. The van der Waals surface area contributed by atoms with Crippen LogP contribution in [0.25, 0.3) is 0 Å². The van der Waals surface area contributed by atoms with E-state index in [1.54, 1.807) is 0 Å². The van der Waals surface area contributed by atoms with Gasteiger partial charge in [0, 0.05) is 19.6 Å². The van der Waals surface area contributed by atoms with E-state index in [1.165, 1.54) is 11.1 Å². The summed E-state index contributed by atoms with van der Waals surface area (Å²) in [5.74, 6) is -0.688. The van der Waals surface area contributed by atoms with E-state index in [0.717, 1.165) is 35.5 Å². The monoisotopic (exact) mass is 533 g/mol. The summed E-state index contributed by atoms with van der Waals surface area (Å²) in [5, 5.41) is 0.200. The highest BCUT2D eigenvalue weighted by Crippen LogP contribution is 2.40. The van der Waals surface area contributed by atoms with Gasteiger partial charge in [0.2, 0.25) is 0 Å². The van der Waals surface area contributed by atoms with E-state index in [-0.39, 0.29) is 23.1 Å². The lowest BCUT2D eigenvalue weighted by molar-refractivity contribution is -0.191. The molecule has 0 spiro atoms. The topological polar surface area (TPSA) is 54.9 Å². The van der Waals surface area contributed by atoms with Gasteiger partial charge < -0.3 is 14.4 Å². The zero-order valence-corrected chi connectivity index (χ0v) is 18.8. The lowest BCUT2D eigenvalue weighted by Gasteiger charge is -2.44. The number of carbonyl (C=O) groups is 1. The van der Waals surface area contributed by atoms with E-state index in [9.17, 15) is 39.9 Å². The number of piperazine rings is 1. The van der Waals surface area contributed by atoms with Crippen LogP contribution in [0.3, 0.4) is 0 Å². The Balaban J connectivity index is 1.88. The fourth-order valence-corrected chi connectivity index (χ4v) is 4.68. The Morgan fingerprint density at radius 1 is 1.14 bits per heavy atom. The Labute approximate surface area is 198 Å². The number of hydrogen-bond donors (Lipinski definition) is 0. The second kappa shape index (κ2) is 10.6. The molecule has 2 aromatic rings. The summed E-state index contributed by atoms with van der Waals surface area (Å²) < 4.78 is 115. The van der Waals surface area contributed by atoms with E-state index in [2.05, 4.69) is 14.5 Å². The van der Waals surface area contributed by atoms with Gasteiger partial charge in [-0.15, -0.1) is 0 Å². The molecule has 3 rings (SSSR count). The molecule has 1 aliphatic heterocycles. The molecule has 2 atom stereocenters. The zero-order valence-electron chi connectivity index (χ0n) is 17.9.